The van der Waals surface area contributed by atoms with E-state index in [-0.39, 0.29) is 10.8 Å². The first-order chi connectivity index (χ1) is 25.2. The van der Waals surface area contributed by atoms with E-state index in [0.29, 0.717) is 5.92 Å². The lowest BCUT2D eigenvalue weighted by atomic mass is 9.78. The monoisotopic (exact) mass is 702 g/mol. The molecule has 0 saturated heterocycles. The van der Waals surface area contributed by atoms with Crippen molar-refractivity contribution in [1.82, 2.24) is 19.3 Å². The minimum atomic E-state index is 0.0273. The van der Waals surface area contributed by atoms with Crippen LogP contribution in [0.15, 0.2) is 97.2 Å². The van der Waals surface area contributed by atoms with Crippen LogP contribution in [0.1, 0.15) is 109 Å². The number of hydrogen-bond donors (Lipinski definition) is 0. The maximum absolute atomic E-state index is 6.73. The van der Waals surface area contributed by atoms with E-state index >= 15 is 0 Å². The number of aryl methyl sites for hydroxylation is 2. The van der Waals surface area contributed by atoms with Crippen molar-refractivity contribution in [2.24, 2.45) is 0 Å². The Morgan fingerprint density at radius 2 is 1.40 bits per heavy atom. The number of fused-ring (bicyclic) bond motifs is 3. The molecule has 0 aliphatic heterocycles. The molecule has 0 unspecified atom stereocenters. The van der Waals surface area contributed by atoms with E-state index in [1.165, 1.54) is 44.3 Å². The van der Waals surface area contributed by atoms with E-state index in [0.717, 1.165) is 58.1 Å². The van der Waals surface area contributed by atoms with Crippen molar-refractivity contribution in [2.45, 2.75) is 106 Å². The summed E-state index contributed by atoms with van der Waals surface area (Å²) in [5.74, 6) is 2.87. The Morgan fingerprint density at radius 3 is 2.06 bits per heavy atom. The molecule has 3 heterocycles. The van der Waals surface area contributed by atoms with E-state index in [4.69, 9.17) is 14.8 Å². The normalized spacial score (nSPS) is 12.4. The van der Waals surface area contributed by atoms with Gasteiger partial charge in [0.25, 0.3) is 0 Å². The molecule has 0 saturated carbocycles. The Bertz CT molecular complexity index is 2430. The van der Waals surface area contributed by atoms with E-state index < -0.39 is 0 Å². The molecule has 5 heteroatoms. The van der Waals surface area contributed by atoms with Crippen LogP contribution in [0.3, 0.4) is 0 Å². The number of rotatable bonds is 8. The molecule has 0 aliphatic rings. The van der Waals surface area contributed by atoms with Crippen molar-refractivity contribution < 1.29 is 4.74 Å². The molecule has 0 atom stereocenters. The summed E-state index contributed by atoms with van der Waals surface area (Å²) < 4.78 is 11.1. The Hall–Kier alpha value is -5.16. The number of aromatic nitrogens is 4. The highest BCUT2D eigenvalue weighted by atomic mass is 16.5. The van der Waals surface area contributed by atoms with Gasteiger partial charge in [0.2, 0.25) is 0 Å². The fourth-order valence-electron chi connectivity index (χ4n) is 7.48. The largest absolute Gasteiger partial charge is 0.457 e. The van der Waals surface area contributed by atoms with Crippen LogP contribution in [0.4, 0.5) is 0 Å². The second-order valence-electron chi connectivity index (χ2n) is 16.9. The predicted octanol–water partition coefficient (Wildman–Crippen LogP) is 13.0. The third kappa shape index (κ3) is 6.90. The Balaban J connectivity index is 1.33. The van der Waals surface area contributed by atoms with Gasteiger partial charge in [0.15, 0.2) is 0 Å². The Labute approximate surface area is 315 Å². The number of pyridine rings is 1. The fourth-order valence-corrected chi connectivity index (χ4v) is 7.48. The van der Waals surface area contributed by atoms with Gasteiger partial charge in [-0.3, -0.25) is 4.57 Å². The van der Waals surface area contributed by atoms with Crippen LogP contribution in [-0.2, 0) is 23.7 Å². The summed E-state index contributed by atoms with van der Waals surface area (Å²) >= 11 is 0. The van der Waals surface area contributed by atoms with Crippen molar-refractivity contribution in [1.29, 1.82) is 0 Å². The van der Waals surface area contributed by atoms with E-state index in [2.05, 4.69) is 176 Å². The second kappa shape index (κ2) is 13.7. The standard InChI is InChI=1S/C48H54N4O/c1-12-41-46(33-24-34(47(6,7)8)27-35(25-33)48(9,10)11)42(13-2)52(50-41)36-22-31(5)23-38(28-36)53-37-18-19-40-39-16-14-15-17-43(39)51(44(40)29-37)45-26-32(30(3)4)20-21-49-45/h14-30H,12-13H2,1-11H3. The third-order valence-corrected chi connectivity index (χ3v) is 10.5. The zero-order valence-corrected chi connectivity index (χ0v) is 33.4. The maximum Gasteiger partial charge on any atom is 0.137 e. The molecule has 4 aromatic carbocycles. The first-order valence-electron chi connectivity index (χ1n) is 19.2. The molecule has 0 bridgehead atoms. The SMILES string of the molecule is CCc1nn(-c2cc(C)cc(Oc3ccc4c5ccccc5n(-c5cc(C(C)C)ccn5)c4c3)c2)c(CC)c1-c1cc(C(C)(C)C)cc(C(C)(C)C)c1. The minimum absolute atomic E-state index is 0.0273. The van der Waals surface area contributed by atoms with Crippen molar-refractivity contribution >= 4 is 21.8 Å². The van der Waals surface area contributed by atoms with Crippen molar-refractivity contribution in [2.75, 3.05) is 0 Å². The van der Waals surface area contributed by atoms with Gasteiger partial charge >= 0.3 is 0 Å². The van der Waals surface area contributed by atoms with Gasteiger partial charge in [-0.1, -0.05) is 106 Å². The molecular formula is C48H54N4O. The molecule has 0 fully saturated rings. The van der Waals surface area contributed by atoms with Crippen LogP contribution >= 0.6 is 0 Å². The van der Waals surface area contributed by atoms with Gasteiger partial charge in [-0.25, -0.2) is 9.67 Å². The quantitative estimate of drug-likeness (QED) is 0.158. The summed E-state index contributed by atoms with van der Waals surface area (Å²) in [6, 6.07) is 32.9. The molecule has 7 rings (SSSR count). The summed E-state index contributed by atoms with van der Waals surface area (Å²) in [4.78, 5) is 4.83. The highest BCUT2D eigenvalue weighted by Gasteiger charge is 2.25. The summed E-state index contributed by atoms with van der Waals surface area (Å²) in [5.41, 5.74) is 13.2. The maximum atomic E-state index is 6.73. The lowest BCUT2D eigenvalue weighted by molar-refractivity contribution is 0.482. The van der Waals surface area contributed by atoms with Gasteiger partial charge in [-0.2, -0.15) is 5.10 Å². The number of ether oxygens (including phenoxy) is 1. The predicted molar refractivity (Wildman–Crippen MR) is 223 cm³/mol. The molecular weight excluding hydrogens is 649 g/mol. The molecule has 0 amide bonds. The van der Waals surface area contributed by atoms with Gasteiger partial charge in [-0.05, 0) is 107 Å². The van der Waals surface area contributed by atoms with Crippen LogP contribution in [0.2, 0.25) is 0 Å². The van der Waals surface area contributed by atoms with Gasteiger partial charge in [-0.15, -0.1) is 0 Å². The van der Waals surface area contributed by atoms with Crippen molar-refractivity contribution in [3.8, 4) is 34.1 Å². The summed E-state index contributed by atoms with van der Waals surface area (Å²) in [5, 5.41) is 7.66. The smallest absolute Gasteiger partial charge is 0.137 e. The van der Waals surface area contributed by atoms with Crippen molar-refractivity contribution in [3.05, 3.63) is 131 Å². The highest BCUT2D eigenvalue weighted by molar-refractivity contribution is 6.09. The van der Waals surface area contributed by atoms with Crippen LogP contribution in [-0.4, -0.2) is 19.3 Å². The molecule has 0 N–H and O–H groups in total. The number of hydrogen-bond acceptors (Lipinski definition) is 3. The molecule has 272 valence electrons. The topological polar surface area (TPSA) is 44.9 Å². The van der Waals surface area contributed by atoms with E-state index in [1.807, 2.05) is 6.20 Å². The van der Waals surface area contributed by atoms with Crippen LogP contribution < -0.4 is 4.74 Å². The Morgan fingerprint density at radius 1 is 0.698 bits per heavy atom. The number of nitrogens with zero attached hydrogens (tertiary/aromatic N) is 4. The Kier molecular flexibility index (Phi) is 9.34. The zero-order chi connectivity index (χ0) is 37.8. The highest BCUT2D eigenvalue weighted by Crippen LogP contribution is 2.39. The molecule has 0 spiro atoms. The molecule has 0 aliphatic carbocycles. The molecule has 7 aromatic rings. The minimum Gasteiger partial charge on any atom is -0.457 e. The third-order valence-electron chi connectivity index (χ3n) is 10.5. The molecule has 5 nitrogen and oxygen atoms in total. The fraction of sp³-hybridized carbons (Fsp3) is 0.333. The van der Waals surface area contributed by atoms with Crippen LogP contribution in [0.5, 0.6) is 11.5 Å². The second-order valence-corrected chi connectivity index (χ2v) is 16.9. The summed E-state index contributed by atoms with van der Waals surface area (Å²) in [6.07, 6.45) is 3.61. The summed E-state index contributed by atoms with van der Waals surface area (Å²) in [7, 11) is 0. The molecule has 3 aromatic heterocycles. The van der Waals surface area contributed by atoms with Crippen LogP contribution in [0, 0.1) is 6.92 Å². The lowest BCUT2D eigenvalue weighted by Gasteiger charge is -2.26. The van der Waals surface area contributed by atoms with Crippen LogP contribution in [0.25, 0.3) is 44.4 Å². The van der Waals surface area contributed by atoms with Crippen molar-refractivity contribution in [3.63, 3.8) is 0 Å². The summed E-state index contributed by atoms with van der Waals surface area (Å²) in [6.45, 7) is 24.8. The molecule has 53 heavy (non-hydrogen) atoms. The van der Waals surface area contributed by atoms with Gasteiger partial charge in [0.1, 0.15) is 17.3 Å². The van der Waals surface area contributed by atoms with E-state index in [9.17, 15) is 0 Å². The lowest BCUT2D eigenvalue weighted by Crippen LogP contribution is -2.16. The number of para-hydroxylation sites is 1. The number of benzene rings is 4. The van der Waals surface area contributed by atoms with Gasteiger partial charge in [0.05, 0.1) is 28.1 Å². The average molecular weight is 703 g/mol. The zero-order valence-electron chi connectivity index (χ0n) is 33.4. The first kappa shape index (κ1) is 36.2. The average Bonchev–Trinajstić information content (AvgIpc) is 3.66. The van der Waals surface area contributed by atoms with Gasteiger partial charge in [0, 0.05) is 34.7 Å². The van der Waals surface area contributed by atoms with E-state index in [1.54, 1.807) is 0 Å². The van der Waals surface area contributed by atoms with Gasteiger partial charge < -0.3 is 4.74 Å². The molecule has 0 radical (unpaired) electrons. The first-order valence-corrected chi connectivity index (χ1v) is 19.2.